The number of halogens is 1. The van der Waals surface area contributed by atoms with E-state index in [0.717, 1.165) is 19.1 Å². The molecular weight excluding hydrogens is 273 g/mol. The number of hydrazone groups is 1. The van der Waals surface area contributed by atoms with E-state index in [2.05, 4.69) is 10.5 Å². The van der Waals surface area contributed by atoms with Gasteiger partial charge < -0.3 is 10.8 Å². The van der Waals surface area contributed by atoms with Crippen molar-refractivity contribution in [2.75, 3.05) is 0 Å². The Kier molecular flexibility index (Phi) is 6.89. The predicted octanol–water partition coefficient (Wildman–Crippen LogP) is 0.642. The summed E-state index contributed by atoms with van der Waals surface area (Å²) in [4.78, 5) is 18.6. The molecule has 0 radical (unpaired) electrons. The number of rotatable bonds is 3. The van der Waals surface area contributed by atoms with E-state index in [0.29, 0.717) is 5.56 Å². The van der Waals surface area contributed by atoms with Crippen LogP contribution in [0.3, 0.4) is 0 Å². The fraction of sp³-hybridized carbons (Fsp3) is 0.100. The van der Waals surface area contributed by atoms with Crippen LogP contribution in [0.15, 0.2) is 23.3 Å². The van der Waals surface area contributed by atoms with E-state index in [9.17, 15) is 14.5 Å². The molecule has 0 bridgehead atoms. The number of carbonyl (C=O) groups is 1. The summed E-state index contributed by atoms with van der Waals surface area (Å²) in [5.41, 5.74) is 6.76. The summed E-state index contributed by atoms with van der Waals surface area (Å²) in [5, 5.41) is 28.1. The van der Waals surface area contributed by atoms with E-state index < -0.39 is 22.4 Å². The fourth-order valence-electron chi connectivity index (χ4n) is 0.926. The number of nitrogens with one attached hydrogen (secondary N) is 2. The molecule has 0 saturated heterocycles. The molecule has 0 aromatic heterocycles. The van der Waals surface area contributed by atoms with Gasteiger partial charge in [-0.25, -0.2) is 5.43 Å². The molecule has 0 amide bonds. The minimum absolute atomic E-state index is 0.321. The molecule has 0 fully saturated rings. The van der Waals surface area contributed by atoms with Crippen molar-refractivity contribution in [2.24, 2.45) is 10.8 Å². The normalized spacial score (nSPS) is 9.50. The van der Waals surface area contributed by atoms with Crippen molar-refractivity contribution in [3.63, 3.8) is 0 Å². The molecule has 0 aliphatic rings. The van der Waals surface area contributed by atoms with Gasteiger partial charge >= 0.3 is 5.69 Å². The van der Waals surface area contributed by atoms with Crippen LogP contribution in [0.2, 0.25) is 0 Å². The van der Waals surface area contributed by atoms with Gasteiger partial charge in [-0.2, -0.15) is 9.49 Å². The highest BCUT2D eigenvalue weighted by Crippen LogP contribution is 2.17. The number of carboxylic acid groups (broad SMARTS) is 1. The Morgan fingerprint density at radius 3 is 2.65 bits per heavy atom. The van der Waals surface area contributed by atoms with Crippen LogP contribution in [0.25, 0.3) is 0 Å². The van der Waals surface area contributed by atoms with Crippen molar-refractivity contribution in [1.82, 2.24) is 5.43 Å². The quantitative estimate of drug-likeness (QED) is 0.276. The molecule has 1 aromatic rings. The van der Waals surface area contributed by atoms with Crippen LogP contribution >= 0.6 is 0 Å². The lowest BCUT2D eigenvalue weighted by Crippen LogP contribution is -2.25. The van der Waals surface area contributed by atoms with Crippen LogP contribution in [0.1, 0.15) is 12.5 Å². The SMILES string of the molecule is CC(=O)O.N=C(N)NN=Cc1ccc(F)c([N+](=O)[O-])c1. The molecule has 0 atom stereocenters. The first-order valence-corrected chi connectivity index (χ1v) is 5.00. The van der Waals surface area contributed by atoms with Crippen LogP contribution in [0, 0.1) is 21.3 Å². The number of guanidine groups is 1. The van der Waals surface area contributed by atoms with Gasteiger partial charge in [0.05, 0.1) is 11.1 Å². The summed E-state index contributed by atoms with van der Waals surface area (Å²) in [6.45, 7) is 1.08. The predicted molar refractivity (Wildman–Crippen MR) is 69.0 cm³/mol. The van der Waals surface area contributed by atoms with Crippen LogP contribution in [-0.2, 0) is 4.79 Å². The highest BCUT2D eigenvalue weighted by atomic mass is 19.1. The lowest BCUT2D eigenvalue weighted by Gasteiger charge is -1.96. The maximum atomic E-state index is 12.9. The average molecular weight is 285 g/mol. The molecule has 1 rings (SSSR count). The van der Waals surface area contributed by atoms with Crippen LogP contribution in [0.4, 0.5) is 10.1 Å². The molecule has 0 aliphatic heterocycles. The number of benzene rings is 1. The number of nitro benzene ring substituents is 1. The van der Waals surface area contributed by atoms with E-state index in [1.54, 1.807) is 0 Å². The summed E-state index contributed by atoms with van der Waals surface area (Å²) in [6, 6.07) is 3.31. The highest BCUT2D eigenvalue weighted by Gasteiger charge is 2.13. The molecule has 10 heteroatoms. The maximum absolute atomic E-state index is 12.9. The van der Waals surface area contributed by atoms with Gasteiger partial charge in [0.15, 0.2) is 0 Å². The molecular formula is C10H12FN5O4. The Morgan fingerprint density at radius 1 is 1.65 bits per heavy atom. The Bertz CT molecular complexity index is 542. The van der Waals surface area contributed by atoms with Gasteiger partial charge in [-0.15, -0.1) is 0 Å². The van der Waals surface area contributed by atoms with Crippen molar-refractivity contribution in [3.05, 3.63) is 39.7 Å². The highest BCUT2D eigenvalue weighted by molar-refractivity contribution is 5.82. The average Bonchev–Trinajstić information content (AvgIpc) is 2.29. The first-order valence-electron chi connectivity index (χ1n) is 5.00. The number of aliphatic carboxylic acids is 1. The van der Waals surface area contributed by atoms with E-state index in [-0.39, 0.29) is 5.96 Å². The molecule has 9 nitrogen and oxygen atoms in total. The third kappa shape index (κ3) is 7.32. The summed E-state index contributed by atoms with van der Waals surface area (Å²) >= 11 is 0. The zero-order valence-corrected chi connectivity index (χ0v) is 10.3. The largest absolute Gasteiger partial charge is 0.481 e. The zero-order valence-electron chi connectivity index (χ0n) is 10.3. The first-order chi connectivity index (χ1) is 9.23. The van der Waals surface area contributed by atoms with E-state index in [4.69, 9.17) is 21.0 Å². The minimum Gasteiger partial charge on any atom is -0.481 e. The van der Waals surface area contributed by atoms with Crippen molar-refractivity contribution in [1.29, 1.82) is 5.41 Å². The Hall–Kier alpha value is -3.04. The summed E-state index contributed by atoms with van der Waals surface area (Å²) in [6.07, 6.45) is 1.19. The third-order valence-corrected chi connectivity index (χ3v) is 1.57. The molecule has 1 aromatic carbocycles. The topological polar surface area (TPSA) is 155 Å². The summed E-state index contributed by atoms with van der Waals surface area (Å²) in [5.74, 6) is -2.12. The smallest absolute Gasteiger partial charge is 0.305 e. The second-order valence-corrected chi connectivity index (χ2v) is 3.27. The van der Waals surface area contributed by atoms with E-state index in [1.165, 1.54) is 12.3 Å². The molecule has 0 heterocycles. The third-order valence-electron chi connectivity index (χ3n) is 1.57. The van der Waals surface area contributed by atoms with Gasteiger partial charge in [-0.1, -0.05) is 0 Å². The Labute approximate surface area is 112 Å². The van der Waals surface area contributed by atoms with Gasteiger partial charge in [-0.05, 0) is 12.1 Å². The van der Waals surface area contributed by atoms with Crippen LogP contribution < -0.4 is 11.2 Å². The molecule has 0 saturated carbocycles. The van der Waals surface area contributed by atoms with Gasteiger partial charge in [0.1, 0.15) is 0 Å². The van der Waals surface area contributed by atoms with Gasteiger partial charge in [0.2, 0.25) is 11.8 Å². The minimum atomic E-state index is -0.915. The van der Waals surface area contributed by atoms with Crippen LogP contribution in [-0.4, -0.2) is 28.2 Å². The van der Waals surface area contributed by atoms with Crippen molar-refractivity contribution >= 4 is 23.8 Å². The molecule has 20 heavy (non-hydrogen) atoms. The second kappa shape index (κ2) is 8.13. The first kappa shape index (κ1) is 17.0. The monoisotopic (exact) mass is 285 g/mol. The van der Waals surface area contributed by atoms with E-state index >= 15 is 0 Å². The molecule has 0 unspecified atom stereocenters. The maximum Gasteiger partial charge on any atom is 0.305 e. The number of hydrogen-bond acceptors (Lipinski definition) is 5. The van der Waals surface area contributed by atoms with Crippen molar-refractivity contribution < 1.29 is 19.2 Å². The van der Waals surface area contributed by atoms with Crippen LogP contribution in [0.5, 0.6) is 0 Å². The number of nitrogens with zero attached hydrogens (tertiary/aromatic N) is 2. The molecule has 108 valence electrons. The Morgan fingerprint density at radius 2 is 2.20 bits per heavy atom. The molecule has 0 spiro atoms. The second-order valence-electron chi connectivity index (χ2n) is 3.27. The van der Waals surface area contributed by atoms with Crippen molar-refractivity contribution in [3.8, 4) is 0 Å². The number of nitro groups is 1. The number of hydrogen-bond donors (Lipinski definition) is 4. The Balaban J connectivity index is 0.000000796. The summed E-state index contributed by atoms with van der Waals surface area (Å²) < 4.78 is 12.9. The number of nitrogens with two attached hydrogens (primary N) is 1. The standard InChI is InChI=1S/C8H8FN5O2.C2H4O2/c9-6-2-1-5(3-7(6)14(15)16)4-12-13-8(10)11;1-2(3)4/h1-4H,(H4,10,11,13);1H3,(H,3,4). The molecule has 0 aliphatic carbocycles. The van der Waals surface area contributed by atoms with Gasteiger partial charge in [-0.3, -0.25) is 20.3 Å². The lowest BCUT2D eigenvalue weighted by molar-refractivity contribution is -0.387. The number of carboxylic acids is 1. The van der Waals surface area contributed by atoms with Gasteiger partial charge in [0.25, 0.3) is 5.97 Å². The summed E-state index contributed by atoms with van der Waals surface area (Å²) in [7, 11) is 0. The lowest BCUT2D eigenvalue weighted by atomic mass is 10.2. The van der Waals surface area contributed by atoms with Gasteiger partial charge in [0, 0.05) is 18.6 Å². The molecule has 5 N–H and O–H groups in total. The fourth-order valence-corrected chi connectivity index (χ4v) is 0.926. The van der Waals surface area contributed by atoms with Crippen molar-refractivity contribution in [2.45, 2.75) is 6.92 Å². The zero-order chi connectivity index (χ0) is 15.7. The van der Waals surface area contributed by atoms with E-state index in [1.807, 2.05) is 0 Å².